The number of amides is 1. The first-order chi connectivity index (χ1) is 13.9. The number of nitrogens with zero attached hydrogens (tertiary/aromatic N) is 4. The third-order valence-electron chi connectivity index (χ3n) is 4.61. The summed E-state index contributed by atoms with van der Waals surface area (Å²) >= 11 is 5.73. The molecule has 2 heterocycles. The summed E-state index contributed by atoms with van der Waals surface area (Å²) < 4.78 is 17.5. The van der Waals surface area contributed by atoms with E-state index in [1.807, 2.05) is 0 Å². The van der Waals surface area contributed by atoms with Gasteiger partial charge in [-0.3, -0.25) is 0 Å². The molecule has 0 N–H and O–H groups in total. The van der Waals surface area contributed by atoms with Crippen LogP contribution in [0.25, 0.3) is 10.9 Å². The van der Waals surface area contributed by atoms with Gasteiger partial charge in [-0.15, -0.1) is 11.6 Å². The average molecular weight is 424 g/mol. The molecule has 0 saturated heterocycles. The standard InChI is InChI=1S/C18H20ClN4O6/c1-20-10-22(17(23(25)26)12(20)5-7-19)18(24)21-8-6-11-9-13(27-2)15(28-3)16(29-4)14(11)21/h5-6,8-9H,7,10H2,1-4H3. The lowest BCUT2D eigenvalue weighted by Crippen LogP contribution is -2.36. The van der Waals surface area contributed by atoms with Crippen molar-refractivity contribution in [3.05, 3.63) is 46.4 Å². The van der Waals surface area contributed by atoms with Gasteiger partial charge < -0.3 is 29.2 Å². The van der Waals surface area contributed by atoms with Gasteiger partial charge in [0.2, 0.25) is 5.75 Å². The van der Waals surface area contributed by atoms with Crippen molar-refractivity contribution in [2.75, 3.05) is 40.9 Å². The minimum atomic E-state index is -0.609. The van der Waals surface area contributed by atoms with Gasteiger partial charge in [0.05, 0.1) is 21.3 Å². The van der Waals surface area contributed by atoms with Crippen molar-refractivity contribution in [2.24, 2.45) is 0 Å². The molecule has 29 heavy (non-hydrogen) atoms. The number of hydrogen-bond acceptors (Lipinski definition) is 7. The second-order valence-corrected chi connectivity index (χ2v) is 6.45. The topological polar surface area (TPSA) is 99.3 Å². The lowest BCUT2D eigenvalue weighted by atomic mass is 10.2. The Morgan fingerprint density at radius 2 is 1.97 bits per heavy atom. The summed E-state index contributed by atoms with van der Waals surface area (Å²) in [5.41, 5.74) is 0.691. The SMILES string of the molecule is COc1cc2ccn(C(=O)N3CN(C)C([CH]CCl)=C3[N+](=O)[O-])c2c(OC)c1OC. The van der Waals surface area contributed by atoms with Gasteiger partial charge in [0.1, 0.15) is 11.2 Å². The third-order valence-corrected chi connectivity index (χ3v) is 4.76. The number of benzene rings is 1. The Morgan fingerprint density at radius 3 is 2.52 bits per heavy atom. The van der Waals surface area contributed by atoms with Crippen LogP contribution in [0.3, 0.4) is 0 Å². The first-order valence-corrected chi connectivity index (χ1v) is 9.03. The van der Waals surface area contributed by atoms with Crippen molar-refractivity contribution in [2.45, 2.75) is 0 Å². The highest BCUT2D eigenvalue weighted by atomic mass is 35.5. The predicted octanol–water partition coefficient (Wildman–Crippen LogP) is 2.73. The number of aromatic nitrogens is 1. The van der Waals surface area contributed by atoms with Gasteiger partial charge in [-0.2, -0.15) is 4.90 Å². The minimum Gasteiger partial charge on any atom is -0.493 e. The third kappa shape index (κ3) is 3.29. The van der Waals surface area contributed by atoms with Crippen LogP contribution in [0.2, 0.25) is 0 Å². The monoisotopic (exact) mass is 423 g/mol. The Labute approximate surface area is 171 Å². The summed E-state index contributed by atoms with van der Waals surface area (Å²) in [6, 6.07) is 2.79. The molecule has 0 bridgehead atoms. The van der Waals surface area contributed by atoms with Crippen LogP contribution in [0.4, 0.5) is 4.79 Å². The van der Waals surface area contributed by atoms with Gasteiger partial charge in [-0.1, -0.05) is 0 Å². The summed E-state index contributed by atoms with van der Waals surface area (Å²) in [6.45, 7) is 0.00709. The van der Waals surface area contributed by atoms with E-state index in [1.54, 1.807) is 24.1 Å². The van der Waals surface area contributed by atoms with Crippen LogP contribution in [0.5, 0.6) is 17.2 Å². The van der Waals surface area contributed by atoms with Crippen LogP contribution in [0, 0.1) is 16.5 Å². The van der Waals surface area contributed by atoms with E-state index in [4.69, 9.17) is 25.8 Å². The average Bonchev–Trinajstić information content (AvgIpc) is 3.27. The fourth-order valence-electron chi connectivity index (χ4n) is 3.38. The molecule has 1 amide bonds. The van der Waals surface area contributed by atoms with Crippen LogP contribution < -0.4 is 14.2 Å². The maximum absolute atomic E-state index is 13.3. The summed E-state index contributed by atoms with van der Waals surface area (Å²) in [7, 11) is 6.04. The first kappa shape index (κ1) is 20.6. The van der Waals surface area contributed by atoms with Gasteiger partial charge in [0.25, 0.3) is 0 Å². The lowest BCUT2D eigenvalue weighted by molar-refractivity contribution is -0.441. The number of rotatable bonds is 6. The summed E-state index contributed by atoms with van der Waals surface area (Å²) in [6.07, 6.45) is 3.02. The smallest absolute Gasteiger partial charge is 0.421 e. The first-order valence-electron chi connectivity index (χ1n) is 8.50. The second kappa shape index (κ2) is 8.08. The normalized spacial score (nSPS) is 14.0. The van der Waals surface area contributed by atoms with E-state index < -0.39 is 11.0 Å². The quantitative estimate of drug-likeness (QED) is 0.400. The Morgan fingerprint density at radius 1 is 1.28 bits per heavy atom. The van der Waals surface area contributed by atoms with Crippen molar-refractivity contribution in [1.82, 2.24) is 14.4 Å². The van der Waals surface area contributed by atoms with Gasteiger partial charge in [-0.05, 0) is 17.1 Å². The molecule has 0 saturated carbocycles. The molecule has 0 aliphatic carbocycles. The molecule has 155 valence electrons. The summed E-state index contributed by atoms with van der Waals surface area (Å²) in [5.74, 6) is 0.783. The van der Waals surface area contributed by atoms with E-state index in [2.05, 4.69) is 0 Å². The maximum atomic E-state index is 13.3. The molecule has 0 atom stereocenters. The number of alkyl halides is 1. The molecule has 11 heteroatoms. The molecule has 0 spiro atoms. The van der Waals surface area contributed by atoms with Gasteiger partial charge in [0, 0.05) is 30.9 Å². The van der Waals surface area contributed by atoms with E-state index in [1.165, 1.54) is 38.5 Å². The van der Waals surface area contributed by atoms with Crippen molar-refractivity contribution < 1.29 is 23.9 Å². The predicted molar refractivity (Wildman–Crippen MR) is 106 cm³/mol. The second-order valence-electron chi connectivity index (χ2n) is 6.14. The molecular weight excluding hydrogens is 404 g/mol. The van der Waals surface area contributed by atoms with E-state index in [9.17, 15) is 14.9 Å². The Hall–Kier alpha value is -3.14. The Kier molecular flexibility index (Phi) is 5.73. The van der Waals surface area contributed by atoms with Crippen LogP contribution >= 0.6 is 11.6 Å². The van der Waals surface area contributed by atoms with Crippen LogP contribution in [0.15, 0.2) is 29.8 Å². The highest BCUT2D eigenvalue weighted by Crippen LogP contribution is 2.44. The number of methoxy groups -OCH3 is 3. The minimum absolute atomic E-state index is 0.00709. The van der Waals surface area contributed by atoms with Crippen LogP contribution in [-0.4, -0.2) is 66.2 Å². The highest BCUT2D eigenvalue weighted by molar-refractivity contribution is 6.18. The molecule has 3 rings (SSSR count). The van der Waals surface area contributed by atoms with Gasteiger partial charge >= 0.3 is 11.9 Å². The molecular formula is C18H20ClN4O6. The van der Waals surface area contributed by atoms with E-state index in [0.717, 1.165) is 4.90 Å². The number of halogens is 1. The number of carbonyl (C=O) groups excluding carboxylic acids is 1. The number of nitro groups is 1. The molecule has 2 aromatic rings. The van der Waals surface area contributed by atoms with E-state index in [-0.39, 0.29) is 29.8 Å². The number of carbonyl (C=O) groups is 1. The lowest BCUT2D eigenvalue weighted by Gasteiger charge is -2.16. The van der Waals surface area contributed by atoms with Crippen LogP contribution in [0.1, 0.15) is 0 Å². The highest BCUT2D eigenvalue weighted by Gasteiger charge is 2.42. The molecule has 0 fully saturated rings. The number of hydrogen-bond donors (Lipinski definition) is 0. The molecule has 1 aliphatic heterocycles. The van der Waals surface area contributed by atoms with Crippen molar-refractivity contribution in [3.63, 3.8) is 0 Å². The molecule has 1 radical (unpaired) electrons. The zero-order chi connectivity index (χ0) is 21.3. The molecule has 0 unspecified atom stereocenters. The van der Waals surface area contributed by atoms with Crippen molar-refractivity contribution in [1.29, 1.82) is 0 Å². The van der Waals surface area contributed by atoms with Crippen molar-refractivity contribution in [3.8, 4) is 17.2 Å². The summed E-state index contributed by atoms with van der Waals surface area (Å²) in [5, 5.41) is 12.3. The largest absolute Gasteiger partial charge is 0.493 e. The van der Waals surface area contributed by atoms with Gasteiger partial charge in [-0.25, -0.2) is 9.36 Å². The maximum Gasteiger partial charge on any atom is 0.421 e. The molecule has 10 nitrogen and oxygen atoms in total. The molecule has 1 aromatic carbocycles. The number of allylic oxidation sites excluding steroid dienone is 1. The van der Waals surface area contributed by atoms with E-state index >= 15 is 0 Å². The van der Waals surface area contributed by atoms with E-state index in [0.29, 0.717) is 22.4 Å². The number of ether oxygens (including phenoxy) is 3. The van der Waals surface area contributed by atoms with Crippen LogP contribution in [-0.2, 0) is 0 Å². The van der Waals surface area contributed by atoms with Crippen molar-refractivity contribution >= 4 is 28.5 Å². The zero-order valence-corrected chi connectivity index (χ0v) is 17.1. The molecule has 1 aromatic heterocycles. The summed E-state index contributed by atoms with van der Waals surface area (Å²) in [4.78, 5) is 27.1. The van der Waals surface area contributed by atoms with Gasteiger partial charge in [0.15, 0.2) is 18.2 Å². The zero-order valence-electron chi connectivity index (χ0n) is 16.3. The Balaban J connectivity index is 2.16. The number of fused-ring (bicyclic) bond motifs is 1. The molecule has 1 aliphatic rings. The Bertz CT molecular complexity index is 1000. The fraction of sp³-hybridized carbons (Fsp3) is 0.333. The fourth-order valence-corrected chi connectivity index (χ4v) is 3.53.